The average Bonchev–Trinajstić information content (AvgIpc) is 3.14. The molecule has 3 aromatic rings. The number of aliphatic hydroxyl groups is 1. The lowest BCUT2D eigenvalue weighted by Crippen LogP contribution is -2.13. The molecule has 0 saturated carbocycles. The summed E-state index contributed by atoms with van der Waals surface area (Å²) in [7, 11) is 0. The first-order valence-corrected chi connectivity index (χ1v) is 9.77. The van der Waals surface area contributed by atoms with Crippen molar-refractivity contribution < 1.29 is 9.84 Å². The number of rotatable bonds is 3. The smallest absolute Gasteiger partial charge is 0.186 e. The van der Waals surface area contributed by atoms with E-state index in [0.29, 0.717) is 5.02 Å². The van der Waals surface area contributed by atoms with Crippen LogP contribution in [0.4, 0.5) is 0 Å². The maximum atomic E-state index is 9.40. The predicted octanol–water partition coefficient (Wildman–Crippen LogP) is 5.82. The molecule has 0 spiro atoms. The van der Waals surface area contributed by atoms with Crippen LogP contribution in [0.15, 0.2) is 48.0 Å². The van der Waals surface area contributed by atoms with Crippen molar-refractivity contribution in [3.05, 3.63) is 64.3 Å². The first kappa shape index (κ1) is 17.7. The number of halogens is 1. The lowest BCUT2D eigenvalue weighted by atomic mass is 9.90. The third-order valence-corrected chi connectivity index (χ3v) is 5.81. The lowest BCUT2D eigenvalue weighted by molar-refractivity contribution is 0.156. The van der Waals surface area contributed by atoms with Gasteiger partial charge in [-0.05, 0) is 46.3 Å². The third kappa shape index (κ3) is 3.42. The van der Waals surface area contributed by atoms with Crippen LogP contribution in [0.5, 0.6) is 0 Å². The molecule has 0 amide bonds. The fourth-order valence-corrected chi connectivity index (χ4v) is 4.12. The largest absolute Gasteiger partial charge is 0.366 e. The highest BCUT2D eigenvalue weighted by Gasteiger charge is 2.38. The van der Waals surface area contributed by atoms with Gasteiger partial charge in [0.2, 0.25) is 0 Å². The molecule has 1 aromatic carbocycles. The van der Waals surface area contributed by atoms with Gasteiger partial charge in [-0.1, -0.05) is 44.5 Å². The van der Waals surface area contributed by atoms with Crippen molar-refractivity contribution >= 4 is 22.9 Å². The van der Waals surface area contributed by atoms with Crippen molar-refractivity contribution in [2.45, 2.75) is 38.6 Å². The van der Waals surface area contributed by atoms with Crippen LogP contribution in [0.2, 0.25) is 5.02 Å². The van der Waals surface area contributed by atoms with E-state index in [-0.39, 0.29) is 11.5 Å². The van der Waals surface area contributed by atoms with E-state index in [9.17, 15) is 5.11 Å². The highest BCUT2D eigenvalue weighted by molar-refractivity contribution is 7.14. The Labute approximate surface area is 162 Å². The van der Waals surface area contributed by atoms with Crippen LogP contribution in [0.25, 0.3) is 21.6 Å². The molecule has 1 fully saturated rings. The molecule has 5 heteroatoms. The molecule has 3 heterocycles. The summed E-state index contributed by atoms with van der Waals surface area (Å²) >= 11 is 8.18. The van der Waals surface area contributed by atoms with Crippen LogP contribution in [0.1, 0.15) is 38.1 Å². The predicted molar refractivity (Wildman–Crippen MR) is 107 cm³/mol. The fourth-order valence-electron chi connectivity index (χ4n) is 2.91. The van der Waals surface area contributed by atoms with E-state index in [1.54, 1.807) is 11.3 Å². The zero-order valence-electron chi connectivity index (χ0n) is 14.9. The van der Waals surface area contributed by atoms with Gasteiger partial charge in [-0.2, -0.15) is 0 Å². The van der Waals surface area contributed by atoms with E-state index < -0.39 is 6.29 Å². The summed E-state index contributed by atoms with van der Waals surface area (Å²) in [4.78, 5) is 5.69. The van der Waals surface area contributed by atoms with Crippen LogP contribution in [0, 0.1) is 0 Å². The number of aromatic nitrogens is 1. The summed E-state index contributed by atoms with van der Waals surface area (Å²) in [6.07, 6.45) is 0.929. The van der Waals surface area contributed by atoms with Crippen LogP contribution in [-0.2, 0) is 10.2 Å². The Kier molecular flexibility index (Phi) is 4.40. The van der Waals surface area contributed by atoms with Gasteiger partial charge in [-0.25, -0.2) is 0 Å². The zero-order chi connectivity index (χ0) is 18.5. The molecule has 0 bridgehead atoms. The Morgan fingerprint density at radius 1 is 1.12 bits per heavy atom. The molecule has 2 atom stereocenters. The number of ether oxygens (including phenoxy) is 1. The first-order valence-electron chi connectivity index (χ1n) is 8.52. The molecule has 1 aliphatic rings. The normalized spacial score (nSPS) is 19.6. The molecule has 134 valence electrons. The van der Waals surface area contributed by atoms with Crippen LogP contribution >= 0.6 is 22.9 Å². The second kappa shape index (κ2) is 6.46. The molecule has 1 N–H and O–H groups in total. The Balaban J connectivity index is 1.65. The minimum absolute atomic E-state index is 0.0185. The second-order valence-electron chi connectivity index (χ2n) is 7.57. The van der Waals surface area contributed by atoms with Gasteiger partial charge in [-0.15, -0.1) is 11.3 Å². The van der Waals surface area contributed by atoms with E-state index in [2.05, 4.69) is 43.3 Å². The van der Waals surface area contributed by atoms with Crippen molar-refractivity contribution in [3.63, 3.8) is 0 Å². The monoisotopic (exact) mass is 385 g/mol. The van der Waals surface area contributed by atoms with Gasteiger partial charge in [0, 0.05) is 32.8 Å². The van der Waals surface area contributed by atoms with Crippen molar-refractivity contribution in [1.82, 2.24) is 4.98 Å². The number of hydrogen-bond acceptors (Lipinski definition) is 4. The molecule has 2 aromatic heterocycles. The van der Waals surface area contributed by atoms with Gasteiger partial charge >= 0.3 is 0 Å². The van der Waals surface area contributed by atoms with Crippen molar-refractivity contribution in [2.75, 3.05) is 0 Å². The summed E-state index contributed by atoms with van der Waals surface area (Å²) in [5.74, 6) is 0. The fraction of sp³-hybridized carbons (Fsp3) is 0.286. The molecule has 3 nitrogen and oxygen atoms in total. The number of thiophene rings is 1. The van der Waals surface area contributed by atoms with Crippen molar-refractivity contribution in [1.29, 1.82) is 0 Å². The molecular weight excluding hydrogens is 366 g/mol. The number of nitrogens with zero attached hydrogens (tertiary/aromatic N) is 1. The number of epoxide rings is 1. The van der Waals surface area contributed by atoms with E-state index in [1.807, 2.05) is 30.5 Å². The topological polar surface area (TPSA) is 45.6 Å². The first-order chi connectivity index (χ1) is 12.3. The molecule has 0 aliphatic carbocycles. The highest BCUT2D eigenvalue weighted by Crippen LogP contribution is 2.41. The molecule has 4 rings (SSSR count). The number of pyridine rings is 1. The molecule has 26 heavy (non-hydrogen) atoms. The van der Waals surface area contributed by atoms with E-state index >= 15 is 0 Å². The molecule has 2 unspecified atom stereocenters. The standard InChI is InChI=1S/C21H20ClNO2S/c1-21(2,3)18-10-12(6-7-23-18)17-9-14(11-26-17)15-5-4-13(8-16(15)22)19-20(24)25-19/h4-11,19-20,24H,1-3H3. The van der Waals surface area contributed by atoms with Gasteiger partial charge in [-0.3, -0.25) is 4.98 Å². The Morgan fingerprint density at radius 2 is 1.88 bits per heavy atom. The minimum Gasteiger partial charge on any atom is -0.366 e. The Hall–Kier alpha value is -1.72. The number of benzene rings is 1. The van der Waals surface area contributed by atoms with Crippen LogP contribution < -0.4 is 0 Å². The number of hydrogen-bond donors (Lipinski definition) is 1. The Morgan fingerprint density at radius 3 is 2.54 bits per heavy atom. The van der Waals surface area contributed by atoms with E-state index in [1.165, 1.54) is 10.4 Å². The molecule has 1 saturated heterocycles. The van der Waals surface area contributed by atoms with E-state index in [0.717, 1.165) is 22.4 Å². The number of aliphatic hydroxyl groups excluding tert-OH is 1. The third-order valence-electron chi connectivity index (χ3n) is 4.51. The quantitative estimate of drug-likeness (QED) is 0.578. The van der Waals surface area contributed by atoms with Crippen LogP contribution in [-0.4, -0.2) is 16.4 Å². The average molecular weight is 386 g/mol. The van der Waals surface area contributed by atoms with E-state index in [4.69, 9.17) is 16.3 Å². The second-order valence-corrected chi connectivity index (χ2v) is 8.88. The van der Waals surface area contributed by atoms with Gasteiger partial charge in [0.05, 0.1) is 0 Å². The lowest BCUT2D eigenvalue weighted by Gasteiger charge is -2.17. The van der Waals surface area contributed by atoms with Gasteiger partial charge in [0.25, 0.3) is 0 Å². The summed E-state index contributed by atoms with van der Waals surface area (Å²) in [5, 5.41) is 12.2. The van der Waals surface area contributed by atoms with Gasteiger partial charge in [0.15, 0.2) is 6.29 Å². The minimum atomic E-state index is -0.701. The maximum Gasteiger partial charge on any atom is 0.186 e. The maximum absolute atomic E-state index is 9.40. The van der Waals surface area contributed by atoms with Crippen LogP contribution in [0.3, 0.4) is 0 Å². The van der Waals surface area contributed by atoms with Crippen molar-refractivity contribution in [3.8, 4) is 21.6 Å². The summed E-state index contributed by atoms with van der Waals surface area (Å²) in [5.41, 5.74) is 5.25. The molecule has 1 aliphatic heterocycles. The van der Waals surface area contributed by atoms with Gasteiger partial charge < -0.3 is 9.84 Å². The zero-order valence-corrected chi connectivity index (χ0v) is 16.4. The SMILES string of the molecule is CC(C)(C)c1cc(-c2cc(-c3ccc(C4OC4O)cc3Cl)cs2)ccn1. The Bertz CT molecular complexity index is 961. The van der Waals surface area contributed by atoms with Gasteiger partial charge in [0.1, 0.15) is 6.10 Å². The molecular formula is C21H20ClNO2S. The summed E-state index contributed by atoms with van der Waals surface area (Å²) in [6.45, 7) is 6.50. The summed E-state index contributed by atoms with van der Waals surface area (Å²) in [6, 6.07) is 12.2. The highest BCUT2D eigenvalue weighted by atomic mass is 35.5. The summed E-state index contributed by atoms with van der Waals surface area (Å²) < 4.78 is 5.10. The molecule has 0 radical (unpaired) electrons. The van der Waals surface area contributed by atoms with Crippen molar-refractivity contribution in [2.24, 2.45) is 0 Å².